The topological polar surface area (TPSA) is 48.2 Å². The van der Waals surface area contributed by atoms with Crippen LogP contribution in [0.4, 0.5) is 0 Å². The van der Waals surface area contributed by atoms with Gasteiger partial charge in [0.05, 0.1) is 27.9 Å². The maximum atomic E-state index is 5.45. The van der Waals surface area contributed by atoms with Gasteiger partial charge in [-0.3, -0.25) is 4.57 Å². The maximum Gasteiger partial charge on any atom is 0.204 e. The Kier molecular flexibility index (Phi) is 6.94. The molecule has 1 aromatic heterocycles. The molecule has 0 N–H and O–H groups in total. The first kappa shape index (κ1) is 19.8. The van der Waals surface area contributed by atoms with Gasteiger partial charge in [0.15, 0.2) is 20.6 Å². The van der Waals surface area contributed by atoms with Crippen LogP contribution in [0.1, 0.15) is 5.56 Å². The minimum Gasteiger partial charge on any atom is -0.493 e. The number of aromatic nitrogens is 1. The molecule has 25 heavy (non-hydrogen) atoms. The molecule has 0 atom stereocenters. The summed E-state index contributed by atoms with van der Waals surface area (Å²) in [5.41, 5.74) is 0.962. The van der Waals surface area contributed by atoms with Gasteiger partial charge in [-0.2, -0.15) is 4.99 Å². The Labute approximate surface area is 164 Å². The summed E-state index contributed by atoms with van der Waals surface area (Å²) in [6, 6.07) is 3.80. The summed E-state index contributed by atoms with van der Waals surface area (Å²) in [7, 11) is 11.5. The molecule has 2 aromatic rings. The van der Waals surface area contributed by atoms with Gasteiger partial charge < -0.3 is 19.1 Å². The van der Waals surface area contributed by atoms with Gasteiger partial charge in [-0.15, -0.1) is 0 Å². The fraction of sp³-hybridized carbons (Fsp3) is 0.400. The predicted molar refractivity (Wildman–Crippen MR) is 108 cm³/mol. The van der Waals surface area contributed by atoms with Crippen molar-refractivity contribution in [3.63, 3.8) is 0 Å². The van der Waals surface area contributed by atoms with Crippen LogP contribution in [0.3, 0.4) is 0 Å². The van der Waals surface area contributed by atoms with Gasteiger partial charge in [0.2, 0.25) is 10.6 Å². The summed E-state index contributed by atoms with van der Waals surface area (Å²) < 4.78 is 18.9. The molecule has 0 unspecified atom stereocenters. The number of benzene rings is 1. The molecule has 0 aliphatic carbocycles. The van der Waals surface area contributed by atoms with Gasteiger partial charge in [-0.25, -0.2) is 0 Å². The summed E-state index contributed by atoms with van der Waals surface area (Å²) in [6.07, 6.45) is 0. The molecule has 0 amide bonds. The molecule has 10 heteroatoms. The lowest BCUT2D eigenvalue weighted by atomic mass is 10.2. The molecule has 0 aliphatic heterocycles. The summed E-state index contributed by atoms with van der Waals surface area (Å²) >= 11 is 10.7. The predicted octanol–water partition coefficient (Wildman–Crippen LogP) is 3.16. The normalized spacial score (nSPS) is 11.3. The van der Waals surface area contributed by atoms with Crippen LogP contribution in [0.5, 0.6) is 17.2 Å². The monoisotopic (exact) mass is 417 g/mol. The first-order chi connectivity index (χ1) is 11.9. The van der Waals surface area contributed by atoms with Crippen molar-refractivity contribution < 1.29 is 14.2 Å². The van der Waals surface area contributed by atoms with Gasteiger partial charge in [0.25, 0.3) is 0 Å². The van der Waals surface area contributed by atoms with Crippen molar-refractivity contribution in [2.45, 2.75) is 6.54 Å². The van der Waals surface area contributed by atoms with Crippen molar-refractivity contribution >= 4 is 50.2 Å². The van der Waals surface area contributed by atoms with E-state index in [0.717, 1.165) is 14.3 Å². The Morgan fingerprint density at radius 1 is 1.12 bits per heavy atom. The number of methoxy groups -OCH3 is 3. The maximum absolute atomic E-state index is 5.45. The second-order valence-corrected chi connectivity index (χ2v) is 8.22. The van der Waals surface area contributed by atoms with E-state index in [2.05, 4.69) is 4.99 Å². The highest BCUT2D eigenvalue weighted by Gasteiger charge is 2.14. The third-order valence-electron chi connectivity index (χ3n) is 3.28. The highest BCUT2D eigenvalue weighted by molar-refractivity contribution is 7.80. The van der Waals surface area contributed by atoms with Crippen LogP contribution in [0, 0.1) is 3.95 Å². The lowest BCUT2D eigenvalue weighted by molar-refractivity contribution is 0.323. The number of nitrogens with zero attached hydrogens (tertiary/aromatic N) is 3. The van der Waals surface area contributed by atoms with Gasteiger partial charge in [-0.05, 0) is 62.8 Å². The van der Waals surface area contributed by atoms with E-state index in [-0.39, 0.29) is 0 Å². The first-order valence-corrected chi connectivity index (χ1v) is 10.1. The Hall–Kier alpha value is -1.49. The number of ether oxygens (including phenoxy) is 3. The molecule has 0 bridgehead atoms. The minimum atomic E-state index is 0.502. The van der Waals surface area contributed by atoms with Gasteiger partial charge in [0.1, 0.15) is 0 Å². The van der Waals surface area contributed by atoms with Crippen molar-refractivity contribution in [1.29, 1.82) is 0 Å². The average molecular weight is 418 g/mol. The van der Waals surface area contributed by atoms with Crippen molar-refractivity contribution in [3.8, 4) is 17.2 Å². The number of thiocarbonyl (C=S) groups is 1. The molecule has 1 aromatic carbocycles. The van der Waals surface area contributed by atoms with E-state index in [1.165, 1.54) is 20.7 Å². The zero-order valence-electron chi connectivity index (χ0n) is 14.6. The third-order valence-corrected chi connectivity index (χ3v) is 6.60. The van der Waals surface area contributed by atoms with Crippen molar-refractivity contribution in [2.75, 3.05) is 35.4 Å². The summed E-state index contributed by atoms with van der Waals surface area (Å²) in [6.45, 7) is 0.532. The summed E-state index contributed by atoms with van der Waals surface area (Å²) in [5, 5.41) is 0.502. The van der Waals surface area contributed by atoms with E-state index in [4.69, 9.17) is 38.6 Å². The molecule has 2 rings (SSSR count). The fourth-order valence-corrected chi connectivity index (χ4v) is 4.61. The summed E-state index contributed by atoms with van der Waals surface area (Å²) in [4.78, 5) is 7.04. The van der Waals surface area contributed by atoms with Gasteiger partial charge in [-0.1, -0.05) is 0 Å². The second-order valence-electron chi connectivity index (χ2n) is 5.12. The number of hydrogen-bond donors (Lipinski definition) is 0. The van der Waals surface area contributed by atoms with Gasteiger partial charge >= 0.3 is 0 Å². The molecule has 0 fully saturated rings. The number of hydrogen-bond acceptors (Lipinski definition) is 7. The van der Waals surface area contributed by atoms with Crippen LogP contribution < -0.4 is 19.0 Å². The van der Waals surface area contributed by atoms with Crippen LogP contribution in [0.15, 0.2) is 17.1 Å². The largest absolute Gasteiger partial charge is 0.493 e. The standard InChI is InChI=1S/C15H19N3O3S4/c1-17(2)13(22)16-14-18(15(23)25-24-14)8-9-6-10(19-3)12(21-5)11(7-9)20-4/h6-7H,8H2,1-5H3. The molecule has 0 spiro atoms. The van der Waals surface area contributed by atoms with Crippen LogP contribution in [0.2, 0.25) is 0 Å². The Morgan fingerprint density at radius 3 is 2.20 bits per heavy atom. The summed E-state index contributed by atoms with van der Waals surface area (Å²) in [5.74, 6) is 1.76. The molecular formula is C15H19N3O3S4. The van der Waals surface area contributed by atoms with E-state index in [1.54, 1.807) is 26.2 Å². The van der Waals surface area contributed by atoms with Crippen LogP contribution >= 0.6 is 45.1 Å². The highest BCUT2D eigenvalue weighted by atomic mass is 32.9. The van der Waals surface area contributed by atoms with Gasteiger partial charge in [0, 0.05) is 14.1 Å². The third kappa shape index (κ3) is 4.57. The quantitative estimate of drug-likeness (QED) is 0.550. The first-order valence-electron chi connectivity index (χ1n) is 7.16. The molecule has 0 saturated carbocycles. The van der Waals surface area contributed by atoms with Crippen molar-refractivity contribution in [3.05, 3.63) is 26.5 Å². The molecule has 1 heterocycles. The lowest BCUT2D eigenvalue weighted by Gasteiger charge is -2.14. The fourth-order valence-electron chi connectivity index (χ4n) is 2.04. The van der Waals surface area contributed by atoms with Crippen molar-refractivity contribution in [1.82, 2.24) is 9.47 Å². The van der Waals surface area contributed by atoms with Crippen LogP contribution in [-0.2, 0) is 6.54 Å². The van der Waals surface area contributed by atoms with E-state index >= 15 is 0 Å². The van der Waals surface area contributed by atoms with E-state index in [9.17, 15) is 0 Å². The van der Waals surface area contributed by atoms with Crippen LogP contribution in [0.25, 0.3) is 0 Å². The molecule has 0 aliphatic rings. The molecule has 0 radical (unpaired) electrons. The average Bonchev–Trinajstić information content (AvgIpc) is 2.93. The lowest BCUT2D eigenvalue weighted by Crippen LogP contribution is -2.23. The highest BCUT2D eigenvalue weighted by Crippen LogP contribution is 2.38. The molecular weight excluding hydrogens is 398 g/mol. The minimum absolute atomic E-state index is 0.502. The van der Waals surface area contributed by atoms with Crippen LogP contribution in [-0.4, -0.2) is 50.0 Å². The van der Waals surface area contributed by atoms with E-state index < -0.39 is 0 Å². The zero-order chi connectivity index (χ0) is 18.6. The van der Waals surface area contributed by atoms with E-state index in [1.807, 2.05) is 30.8 Å². The molecule has 0 saturated heterocycles. The number of rotatable bonds is 5. The molecule has 136 valence electrons. The molecule has 6 nitrogen and oxygen atoms in total. The zero-order valence-corrected chi connectivity index (χ0v) is 17.8. The Bertz CT molecular complexity index is 858. The Balaban J connectivity index is 2.49. The second kappa shape index (κ2) is 8.75. The van der Waals surface area contributed by atoms with Crippen molar-refractivity contribution in [2.24, 2.45) is 4.99 Å². The SMILES string of the molecule is COc1cc(Cn2c(=S)ssc2=NC(=S)N(C)C)cc(OC)c1OC. The smallest absolute Gasteiger partial charge is 0.204 e. The Morgan fingerprint density at radius 2 is 1.72 bits per heavy atom. The van der Waals surface area contributed by atoms with E-state index in [0.29, 0.717) is 28.9 Å².